The minimum Gasteiger partial charge on any atom is -0.496 e. The van der Waals surface area contributed by atoms with Crippen LogP contribution in [0.1, 0.15) is 11.1 Å². The summed E-state index contributed by atoms with van der Waals surface area (Å²) in [5.41, 5.74) is 2.14. The lowest BCUT2D eigenvalue weighted by Crippen LogP contribution is -1.89. The van der Waals surface area contributed by atoms with Gasteiger partial charge in [-0.1, -0.05) is 6.07 Å². The fourth-order valence-electron chi connectivity index (χ4n) is 1.39. The molecule has 88 valence electrons. The summed E-state index contributed by atoms with van der Waals surface area (Å²) >= 11 is 1.52. The van der Waals surface area contributed by atoms with Gasteiger partial charge in [0.25, 0.3) is 0 Å². The van der Waals surface area contributed by atoms with Crippen LogP contribution in [0.25, 0.3) is 6.08 Å². The molecule has 0 spiro atoms. The van der Waals surface area contributed by atoms with E-state index in [9.17, 15) is 4.21 Å². The normalized spacial score (nSPS) is 13.6. The molecule has 0 fully saturated rings. The fourth-order valence-corrected chi connectivity index (χ4v) is 2.88. The van der Waals surface area contributed by atoms with Crippen molar-refractivity contribution in [3.8, 4) is 5.75 Å². The molecule has 0 aliphatic rings. The highest BCUT2D eigenvalue weighted by Crippen LogP contribution is 2.23. The van der Waals surface area contributed by atoms with E-state index >= 15 is 0 Å². The maximum absolute atomic E-state index is 11.4. The van der Waals surface area contributed by atoms with Gasteiger partial charge in [-0.05, 0) is 42.5 Å². The molecule has 0 saturated heterocycles. The van der Waals surface area contributed by atoms with Crippen molar-refractivity contribution in [1.82, 2.24) is 0 Å². The lowest BCUT2D eigenvalue weighted by Gasteiger charge is -2.06. The fraction of sp³-hybridized carbons (Fsp3) is 0.333. The van der Waals surface area contributed by atoms with Crippen LogP contribution in [0.2, 0.25) is 0 Å². The van der Waals surface area contributed by atoms with Crippen molar-refractivity contribution < 1.29 is 8.95 Å². The Morgan fingerprint density at radius 1 is 1.50 bits per heavy atom. The van der Waals surface area contributed by atoms with Crippen LogP contribution in [0, 0.1) is 6.92 Å². The Kier molecular flexibility index (Phi) is 5.09. The summed E-state index contributed by atoms with van der Waals surface area (Å²) in [5, 5.41) is 0. The van der Waals surface area contributed by atoms with Gasteiger partial charge in [0.1, 0.15) is 5.75 Å². The molecule has 1 aromatic rings. The number of benzene rings is 1. The van der Waals surface area contributed by atoms with Gasteiger partial charge in [0.2, 0.25) is 0 Å². The first-order valence-corrected chi connectivity index (χ1v) is 7.60. The van der Waals surface area contributed by atoms with Crippen LogP contribution in [0.4, 0.5) is 0 Å². The topological polar surface area (TPSA) is 26.3 Å². The third kappa shape index (κ3) is 3.39. The summed E-state index contributed by atoms with van der Waals surface area (Å²) in [6.07, 6.45) is 5.58. The van der Waals surface area contributed by atoms with Crippen LogP contribution in [-0.2, 0) is 10.8 Å². The molecule has 0 bridgehead atoms. The maximum Gasteiger partial charge on any atom is 0.121 e. The molecule has 2 nitrogen and oxygen atoms in total. The first-order valence-electron chi connectivity index (χ1n) is 4.82. The number of ether oxygens (including phenoxy) is 1. The third-order valence-electron chi connectivity index (χ3n) is 2.19. The number of aryl methyl sites for hydroxylation is 1. The van der Waals surface area contributed by atoms with Gasteiger partial charge in [-0.3, -0.25) is 4.21 Å². The summed E-state index contributed by atoms with van der Waals surface area (Å²) in [6, 6.07) is 5.93. The summed E-state index contributed by atoms with van der Waals surface area (Å²) in [5.74, 6) is 0.875. The lowest BCUT2D eigenvalue weighted by molar-refractivity contribution is 0.411. The summed E-state index contributed by atoms with van der Waals surface area (Å²) < 4.78 is 17.5. The molecular weight excluding hydrogens is 240 g/mol. The van der Waals surface area contributed by atoms with Crippen LogP contribution in [0.3, 0.4) is 0 Å². The molecule has 1 atom stereocenters. The van der Waals surface area contributed by atoms with E-state index in [-0.39, 0.29) is 0 Å². The van der Waals surface area contributed by atoms with Crippen molar-refractivity contribution in [3.05, 3.63) is 33.6 Å². The molecule has 0 amide bonds. The van der Waals surface area contributed by atoms with Crippen LogP contribution < -0.4 is 4.74 Å². The Labute approximate surface area is 104 Å². The molecule has 1 aromatic carbocycles. The minimum atomic E-state index is -0.925. The number of methoxy groups -OCH3 is 1. The van der Waals surface area contributed by atoms with Crippen molar-refractivity contribution in [2.75, 3.05) is 19.6 Å². The first kappa shape index (κ1) is 13.3. The van der Waals surface area contributed by atoms with E-state index in [4.69, 9.17) is 4.74 Å². The van der Waals surface area contributed by atoms with Gasteiger partial charge in [0.05, 0.1) is 22.1 Å². The smallest absolute Gasteiger partial charge is 0.121 e. The zero-order valence-electron chi connectivity index (χ0n) is 9.94. The summed E-state index contributed by atoms with van der Waals surface area (Å²) in [6.45, 7) is 2.00. The molecule has 1 rings (SSSR count). The van der Waals surface area contributed by atoms with E-state index in [0.29, 0.717) is 0 Å². The molecule has 0 aliphatic heterocycles. The van der Waals surface area contributed by atoms with E-state index in [1.165, 1.54) is 11.8 Å². The van der Waals surface area contributed by atoms with Gasteiger partial charge < -0.3 is 4.74 Å². The molecule has 0 radical (unpaired) electrons. The van der Waals surface area contributed by atoms with E-state index < -0.39 is 10.8 Å². The lowest BCUT2D eigenvalue weighted by atomic mass is 10.1. The Balaban J connectivity index is 3.06. The molecule has 0 aliphatic carbocycles. The molecule has 4 heteroatoms. The SMILES string of the molecule is COc1ccc(C=C(SC)S(C)=O)cc1C. The van der Waals surface area contributed by atoms with Gasteiger partial charge in [-0.15, -0.1) is 11.8 Å². The highest BCUT2D eigenvalue weighted by molar-refractivity contribution is 8.16. The number of rotatable bonds is 4. The van der Waals surface area contributed by atoms with Gasteiger partial charge in [-0.25, -0.2) is 0 Å². The van der Waals surface area contributed by atoms with Crippen LogP contribution >= 0.6 is 11.8 Å². The minimum absolute atomic E-state index is 0.875. The summed E-state index contributed by atoms with van der Waals surface area (Å²) in [4.78, 5) is 0. The van der Waals surface area contributed by atoms with E-state index in [2.05, 4.69) is 0 Å². The second kappa shape index (κ2) is 6.11. The van der Waals surface area contributed by atoms with Gasteiger partial charge >= 0.3 is 0 Å². The molecule has 0 saturated carbocycles. The summed E-state index contributed by atoms with van der Waals surface area (Å²) in [7, 11) is 0.734. The standard InChI is InChI=1S/C12H16O2S2/c1-9-7-10(5-6-11(9)14-2)8-12(15-3)16(4)13/h5-8H,1-4H3. The number of hydrogen-bond acceptors (Lipinski definition) is 3. The molecular formula is C12H16O2S2. The largest absolute Gasteiger partial charge is 0.496 e. The Morgan fingerprint density at radius 2 is 2.19 bits per heavy atom. The molecule has 0 heterocycles. The molecule has 1 unspecified atom stereocenters. The third-order valence-corrected chi connectivity index (χ3v) is 4.60. The zero-order chi connectivity index (χ0) is 12.1. The molecule has 0 N–H and O–H groups in total. The average molecular weight is 256 g/mol. The highest BCUT2D eigenvalue weighted by Gasteiger charge is 2.02. The first-order chi connectivity index (χ1) is 7.58. The van der Waals surface area contributed by atoms with Crippen molar-refractivity contribution in [1.29, 1.82) is 0 Å². The monoisotopic (exact) mass is 256 g/mol. The van der Waals surface area contributed by atoms with Gasteiger partial charge in [0, 0.05) is 6.26 Å². The van der Waals surface area contributed by atoms with Crippen molar-refractivity contribution in [2.45, 2.75) is 6.92 Å². The molecule has 16 heavy (non-hydrogen) atoms. The van der Waals surface area contributed by atoms with Crippen molar-refractivity contribution in [3.63, 3.8) is 0 Å². The Morgan fingerprint density at radius 3 is 2.62 bits per heavy atom. The Hall–Kier alpha value is -0.740. The Bertz CT molecular complexity index is 425. The van der Waals surface area contributed by atoms with Crippen LogP contribution in [-0.4, -0.2) is 23.8 Å². The second-order valence-corrected chi connectivity index (χ2v) is 5.81. The van der Waals surface area contributed by atoms with E-state index in [1.807, 2.05) is 37.5 Å². The average Bonchev–Trinajstić information content (AvgIpc) is 2.25. The van der Waals surface area contributed by atoms with E-state index in [0.717, 1.165) is 21.1 Å². The van der Waals surface area contributed by atoms with Crippen LogP contribution in [0.5, 0.6) is 5.75 Å². The predicted octanol–water partition coefficient (Wildman–Crippen LogP) is 3.04. The quantitative estimate of drug-likeness (QED) is 0.828. The highest BCUT2D eigenvalue weighted by atomic mass is 32.2. The van der Waals surface area contributed by atoms with Gasteiger partial charge in [-0.2, -0.15) is 0 Å². The zero-order valence-corrected chi connectivity index (χ0v) is 11.6. The van der Waals surface area contributed by atoms with Crippen molar-refractivity contribution in [2.24, 2.45) is 0 Å². The van der Waals surface area contributed by atoms with Gasteiger partial charge in [0.15, 0.2) is 0 Å². The van der Waals surface area contributed by atoms with Crippen LogP contribution in [0.15, 0.2) is 22.4 Å². The van der Waals surface area contributed by atoms with E-state index in [1.54, 1.807) is 13.4 Å². The molecule has 0 aromatic heterocycles. The number of hydrogen-bond donors (Lipinski definition) is 0. The number of thioether (sulfide) groups is 1. The van der Waals surface area contributed by atoms with Crippen molar-refractivity contribution >= 4 is 28.6 Å². The predicted molar refractivity (Wildman–Crippen MR) is 73.3 cm³/mol. The maximum atomic E-state index is 11.4. The second-order valence-electron chi connectivity index (χ2n) is 3.35.